The smallest absolute Gasteiger partial charge is 0.138 e. The highest BCUT2D eigenvalue weighted by Gasteiger charge is 2.13. The topological polar surface area (TPSA) is 20.5 Å². The molecule has 3 nitrogen and oxygen atoms in total. The number of nitrogens with zero attached hydrogens (tertiary/aromatic N) is 3. The molecule has 16 heavy (non-hydrogen) atoms. The van der Waals surface area contributed by atoms with Crippen molar-refractivity contribution in [2.75, 3.05) is 13.1 Å². The Morgan fingerprint density at radius 3 is 2.94 bits per heavy atom. The predicted molar refractivity (Wildman–Crippen MR) is 64.7 cm³/mol. The number of likely N-dealkylation sites (tertiary alicyclic amines) is 1. The highest BCUT2D eigenvalue weighted by molar-refractivity contribution is 6.30. The van der Waals surface area contributed by atoms with Crippen LogP contribution in [0.3, 0.4) is 0 Å². The summed E-state index contributed by atoms with van der Waals surface area (Å²) in [6, 6.07) is 3.78. The van der Waals surface area contributed by atoms with Crippen LogP contribution >= 0.6 is 11.6 Å². The van der Waals surface area contributed by atoms with Gasteiger partial charge in [-0.25, -0.2) is 4.98 Å². The second-order valence-corrected chi connectivity index (χ2v) is 4.76. The maximum Gasteiger partial charge on any atom is 0.138 e. The van der Waals surface area contributed by atoms with Crippen molar-refractivity contribution in [3.05, 3.63) is 35.2 Å². The second-order valence-electron chi connectivity index (χ2n) is 4.33. The molecule has 4 heteroatoms. The van der Waals surface area contributed by atoms with E-state index in [-0.39, 0.29) is 0 Å². The number of fused-ring (bicyclic) bond motifs is 1. The average Bonchev–Trinajstić information content (AvgIpc) is 2.86. The summed E-state index contributed by atoms with van der Waals surface area (Å²) < 4.78 is 2.03. The van der Waals surface area contributed by atoms with Crippen LogP contribution in [0.5, 0.6) is 0 Å². The molecule has 3 heterocycles. The van der Waals surface area contributed by atoms with Crippen molar-refractivity contribution in [3.8, 4) is 0 Å². The summed E-state index contributed by atoms with van der Waals surface area (Å²) in [7, 11) is 0. The molecule has 0 aromatic carbocycles. The molecule has 84 valence electrons. The number of pyridine rings is 1. The van der Waals surface area contributed by atoms with E-state index in [4.69, 9.17) is 11.6 Å². The van der Waals surface area contributed by atoms with E-state index in [9.17, 15) is 0 Å². The summed E-state index contributed by atoms with van der Waals surface area (Å²) in [5, 5.41) is 0.742. The van der Waals surface area contributed by atoms with Gasteiger partial charge in [0.15, 0.2) is 0 Å². The Hall–Kier alpha value is -1.06. The normalized spacial score (nSPS) is 17.3. The highest BCUT2D eigenvalue weighted by Crippen LogP contribution is 2.15. The van der Waals surface area contributed by atoms with Crippen LogP contribution < -0.4 is 0 Å². The first-order valence-electron chi connectivity index (χ1n) is 5.67. The lowest BCUT2D eigenvalue weighted by molar-refractivity contribution is 0.328. The summed E-state index contributed by atoms with van der Waals surface area (Å²) in [6.45, 7) is 3.36. The third-order valence-electron chi connectivity index (χ3n) is 3.06. The Morgan fingerprint density at radius 1 is 1.31 bits per heavy atom. The molecule has 0 amide bonds. The SMILES string of the molecule is Clc1ccn2cc(CN3CCCC3)nc2c1. The number of hydrogen-bond acceptors (Lipinski definition) is 2. The molecule has 0 atom stereocenters. The van der Waals surface area contributed by atoms with Crippen LogP contribution in [0.15, 0.2) is 24.5 Å². The van der Waals surface area contributed by atoms with Crippen LogP contribution in [0.1, 0.15) is 18.5 Å². The van der Waals surface area contributed by atoms with Gasteiger partial charge in [-0.15, -0.1) is 0 Å². The Labute approximate surface area is 99.7 Å². The van der Waals surface area contributed by atoms with E-state index >= 15 is 0 Å². The maximum absolute atomic E-state index is 5.93. The van der Waals surface area contributed by atoms with Gasteiger partial charge in [-0.3, -0.25) is 4.90 Å². The van der Waals surface area contributed by atoms with Crippen LogP contribution in [0, 0.1) is 0 Å². The van der Waals surface area contributed by atoms with E-state index in [2.05, 4.69) is 16.1 Å². The first-order chi connectivity index (χ1) is 7.81. The van der Waals surface area contributed by atoms with Crippen molar-refractivity contribution in [2.45, 2.75) is 19.4 Å². The van der Waals surface area contributed by atoms with E-state index in [1.807, 2.05) is 22.7 Å². The van der Waals surface area contributed by atoms with Crippen molar-refractivity contribution in [1.82, 2.24) is 14.3 Å². The summed E-state index contributed by atoms with van der Waals surface area (Å²) in [6.07, 6.45) is 6.68. The van der Waals surface area contributed by atoms with Gasteiger partial charge in [-0.1, -0.05) is 11.6 Å². The van der Waals surface area contributed by atoms with Gasteiger partial charge in [0.1, 0.15) is 5.65 Å². The van der Waals surface area contributed by atoms with Crippen LogP contribution in [0.2, 0.25) is 5.02 Å². The Morgan fingerprint density at radius 2 is 2.12 bits per heavy atom. The quantitative estimate of drug-likeness (QED) is 0.798. The molecular weight excluding hydrogens is 222 g/mol. The molecule has 0 N–H and O–H groups in total. The first kappa shape index (κ1) is 10.1. The van der Waals surface area contributed by atoms with Gasteiger partial charge in [-0.05, 0) is 38.1 Å². The molecule has 0 radical (unpaired) electrons. The first-order valence-corrected chi connectivity index (χ1v) is 6.04. The minimum absolute atomic E-state index is 0.742. The maximum atomic E-state index is 5.93. The zero-order valence-corrected chi connectivity index (χ0v) is 9.82. The number of aromatic nitrogens is 2. The minimum Gasteiger partial charge on any atom is -0.307 e. The molecule has 3 rings (SSSR count). The molecule has 1 aliphatic heterocycles. The van der Waals surface area contributed by atoms with Gasteiger partial charge in [0, 0.05) is 24.0 Å². The molecule has 2 aromatic heterocycles. The fraction of sp³-hybridized carbons (Fsp3) is 0.417. The zero-order chi connectivity index (χ0) is 11.0. The summed E-state index contributed by atoms with van der Waals surface area (Å²) in [5.41, 5.74) is 2.06. The Bertz CT molecular complexity index is 500. The third kappa shape index (κ3) is 1.93. The second kappa shape index (κ2) is 4.07. The van der Waals surface area contributed by atoms with Crippen molar-refractivity contribution >= 4 is 17.2 Å². The molecule has 1 saturated heterocycles. The molecule has 1 aliphatic rings. The molecule has 2 aromatic rings. The molecule has 0 unspecified atom stereocenters. The van der Waals surface area contributed by atoms with Crippen molar-refractivity contribution in [1.29, 1.82) is 0 Å². The summed E-state index contributed by atoms with van der Waals surface area (Å²) in [5.74, 6) is 0. The van der Waals surface area contributed by atoms with Gasteiger partial charge in [0.25, 0.3) is 0 Å². The molecule has 0 bridgehead atoms. The molecular formula is C12H14ClN3. The number of halogens is 1. The van der Waals surface area contributed by atoms with Gasteiger partial charge in [0.2, 0.25) is 0 Å². The van der Waals surface area contributed by atoms with E-state index in [1.54, 1.807) is 0 Å². The highest BCUT2D eigenvalue weighted by atomic mass is 35.5. The molecule has 0 aliphatic carbocycles. The Balaban J connectivity index is 1.86. The Kier molecular flexibility index (Phi) is 2.58. The zero-order valence-electron chi connectivity index (χ0n) is 9.06. The number of rotatable bonds is 2. The molecule has 0 saturated carbocycles. The monoisotopic (exact) mass is 235 g/mol. The van der Waals surface area contributed by atoms with E-state index in [0.29, 0.717) is 0 Å². The number of imidazole rings is 1. The van der Waals surface area contributed by atoms with E-state index in [0.717, 1.165) is 22.9 Å². The van der Waals surface area contributed by atoms with Crippen LogP contribution in [0.25, 0.3) is 5.65 Å². The standard InChI is InChI=1S/C12H14ClN3/c13-10-3-6-16-9-11(14-12(16)7-10)8-15-4-1-2-5-15/h3,6-7,9H,1-2,4-5,8H2. The van der Waals surface area contributed by atoms with Gasteiger partial charge in [-0.2, -0.15) is 0 Å². The lowest BCUT2D eigenvalue weighted by Crippen LogP contribution is -2.18. The van der Waals surface area contributed by atoms with Crippen molar-refractivity contribution < 1.29 is 0 Å². The third-order valence-corrected chi connectivity index (χ3v) is 3.29. The van der Waals surface area contributed by atoms with Crippen LogP contribution in [0.4, 0.5) is 0 Å². The van der Waals surface area contributed by atoms with Crippen molar-refractivity contribution in [2.24, 2.45) is 0 Å². The average molecular weight is 236 g/mol. The van der Waals surface area contributed by atoms with Gasteiger partial charge >= 0.3 is 0 Å². The van der Waals surface area contributed by atoms with Gasteiger partial charge < -0.3 is 4.40 Å². The lowest BCUT2D eigenvalue weighted by atomic mass is 10.4. The summed E-state index contributed by atoms with van der Waals surface area (Å²) >= 11 is 5.93. The fourth-order valence-electron chi connectivity index (χ4n) is 2.26. The molecule has 1 fully saturated rings. The van der Waals surface area contributed by atoms with E-state index < -0.39 is 0 Å². The van der Waals surface area contributed by atoms with Crippen molar-refractivity contribution in [3.63, 3.8) is 0 Å². The number of hydrogen-bond donors (Lipinski definition) is 0. The van der Waals surface area contributed by atoms with Gasteiger partial charge in [0.05, 0.1) is 5.69 Å². The minimum atomic E-state index is 0.742. The molecule has 0 spiro atoms. The summed E-state index contributed by atoms with van der Waals surface area (Å²) in [4.78, 5) is 7.02. The fourth-order valence-corrected chi connectivity index (χ4v) is 2.41. The lowest BCUT2D eigenvalue weighted by Gasteiger charge is -2.11. The van der Waals surface area contributed by atoms with Crippen LogP contribution in [-0.2, 0) is 6.54 Å². The van der Waals surface area contributed by atoms with E-state index in [1.165, 1.54) is 25.9 Å². The van der Waals surface area contributed by atoms with Crippen LogP contribution in [-0.4, -0.2) is 27.4 Å². The predicted octanol–water partition coefficient (Wildman–Crippen LogP) is 2.58. The largest absolute Gasteiger partial charge is 0.307 e.